The molecule has 2 aromatic heterocycles. The van der Waals surface area contributed by atoms with Crippen LogP contribution in [-0.4, -0.2) is 61.6 Å². The van der Waals surface area contributed by atoms with Gasteiger partial charge >= 0.3 is 0 Å². The second-order valence-corrected chi connectivity index (χ2v) is 10.5. The van der Waals surface area contributed by atoms with E-state index < -0.39 is 0 Å². The number of ether oxygens (including phenoxy) is 2. The molecule has 2 fully saturated rings. The molecule has 192 valence electrons. The van der Waals surface area contributed by atoms with Crippen LogP contribution in [0.15, 0.2) is 30.6 Å². The van der Waals surface area contributed by atoms with Gasteiger partial charge in [0.25, 0.3) is 0 Å². The minimum atomic E-state index is -0.330. The first-order chi connectivity index (χ1) is 16.9. The monoisotopic (exact) mass is 485 g/mol. The van der Waals surface area contributed by atoms with Gasteiger partial charge in [0.15, 0.2) is 0 Å². The molecule has 0 radical (unpaired) electrons. The third-order valence-corrected chi connectivity index (χ3v) is 7.34. The van der Waals surface area contributed by atoms with E-state index >= 15 is 0 Å². The molecule has 1 aliphatic heterocycles. The quantitative estimate of drug-likeness (QED) is 0.443. The fourth-order valence-electron chi connectivity index (χ4n) is 5.09. The van der Waals surface area contributed by atoms with Crippen molar-refractivity contribution >= 4 is 11.6 Å². The lowest BCUT2D eigenvalue weighted by Crippen LogP contribution is -2.42. The molecule has 3 N–H and O–H groups in total. The van der Waals surface area contributed by atoms with Crippen LogP contribution >= 0.6 is 0 Å². The average Bonchev–Trinajstić information content (AvgIpc) is 2.86. The Morgan fingerprint density at radius 3 is 2.60 bits per heavy atom. The van der Waals surface area contributed by atoms with E-state index in [1.54, 1.807) is 13.3 Å². The maximum atomic E-state index is 14.8. The summed E-state index contributed by atoms with van der Waals surface area (Å²) in [5, 5.41) is 10.6. The Labute approximate surface area is 208 Å². The Balaban J connectivity index is 1.36. The Morgan fingerprint density at radius 2 is 1.86 bits per heavy atom. The summed E-state index contributed by atoms with van der Waals surface area (Å²) < 4.78 is 25.5. The molecular formula is C27H40FN5O2. The van der Waals surface area contributed by atoms with Gasteiger partial charge in [-0.25, -0.2) is 14.4 Å². The zero-order valence-corrected chi connectivity index (χ0v) is 21.3. The lowest BCUT2D eigenvalue weighted by molar-refractivity contribution is 0.0300. The van der Waals surface area contributed by atoms with E-state index in [-0.39, 0.29) is 11.2 Å². The first kappa shape index (κ1) is 25.8. The van der Waals surface area contributed by atoms with Crippen LogP contribution in [0.25, 0.3) is 11.1 Å². The number of methoxy groups -OCH3 is 1. The fraction of sp³-hybridized carbons (Fsp3) is 0.630. The van der Waals surface area contributed by atoms with Crippen LogP contribution in [0.2, 0.25) is 0 Å². The molecule has 1 saturated carbocycles. The van der Waals surface area contributed by atoms with Crippen molar-refractivity contribution in [2.24, 2.45) is 5.41 Å². The predicted octanol–water partition coefficient (Wildman–Crippen LogP) is 4.86. The van der Waals surface area contributed by atoms with Crippen molar-refractivity contribution in [1.29, 1.82) is 0 Å². The molecule has 2 aliphatic rings. The number of aromatic nitrogens is 2. The predicted molar refractivity (Wildman–Crippen MR) is 138 cm³/mol. The molecule has 2 aromatic rings. The van der Waals surface area contributed by atoms with Gasteiger partial charge in [-0.15, -0.1) is 0 Å². The molecule has 1 atom stereocenters. The minimum absolute atomic E-state index is 0.186. The highest BCUT2D eigenvalue weighted by atomic mass is 19.1. The van der Waals surface area contributed by atoms with E-state index in [1.165, 1.54) is 6.20 Å². The van der Waals surface area contributed by atoms with E-state index in [9.17, 15) is 4.39 Å². The molecule has 7 nitrogen and oxygen atoms in total. The van der Waals surface area contributed by atoms with Gasteiger partial charge in [-0.2, -0.15) is 0 Å². The molecule has 4 rings (SSSR count). The lowest BCUT2D eigenvalue weighted by Gasteiger charge is -2.33. The van der Waals surface area contributed by atoms with Crippen LogP contribution in [0.1, 0.15) is 52.4 Å². The average molecular weight is 486 g/mol. The molecule has 3 heterocycles. The summed E-state index contributed by atoms with van der Waals surface area (Å²) in [6.07, 6.45) is 9.41. The second-order valence-electron chi connectivity index (χ2n) is 10.5. The van der Waals surface area contributed by atoms with E-state index in [0.717, 1.165) is 76.3 Å². The van der Waals surface area contributed by atoms with Crippen LogP contribution in [0.5, 0.6) is 0 Å². The maximum Gasteiger partial charge on any atom is 0.149 e. The van der Waals surface area contributed by atoms with E-state index in [2.05, 4.69) is 39.8 Å². The number of pyridine rings is 2. The number of nitrogens with zero attached hydrogens (tertiary/aromatic N) is 2. The fourth-order valence-corrected chi connectivity index (χ4v) is 5.09. The molecule has 0 amide bonds. The summed E-state index contributed by atoms with van der Waals surface area (Å²) in [4.78, 5) is 8.77. The van der Waals surface area contributed by atoms with E-state index in [4.69, 9.17) is 9.47 Å². The van der Waals surface area contributed by atoms with Gasteiger partial charge in [0.1, 0.15) is 17.5 Å². The first-order valence-corrected chi connectivity index (χ1v) is 12.9. The van der Waals surface area contributed by atoms with Crippen molar-refractivity contribution in [2.45, 2.75) is 70.5 Å². The second kappa shape index (κ2) is 12.1. The summed E-state index contributed by atoms with van der Waals surface area (Å²) in [5.41, 5.74) is 1.52. The van der Waals surface area contributed by atoms with Crippen LogP contribution < -0.4 is 16.0 Å². The standard InChI is InChI=1S/C27H40FN5O2/c1-19(17-34-3)32-21-4-6-22(7-5-21)33-26-15-23(24(28)16-30-26)20-8-11-29-25(14-20)31-18-27(2)9-12-35-13-10-27/h8,11,14-16,19,21-22,32H,4-7,9-10,12-13,17-18H2,1-3H3,(H,29,31)(H,30,33). The molecule has 1 saturated heterocycles. The van der Waals surface area contributed by atoms with Crippen molar-refractivity contribution < 1.29 is 13.9 Å². The molecule has 0 aromatic carbocycles. The van der Waals surface area contributed by atoms with Crippen molar-refractivity contribution in [3.8, 4) is 11.1 Å². The zero-order chi connectivity index (χ0) is 24.7. The third-order valence-electron chi connectivity index (χ3n) is 7.34. The number of nitrogens with one attached hydrogen (secondary N) is 3. The summed E-state index contributed by atoms with van der Waals surface area (Å²) in [5.74, 6) is 1.14. The van der Waals surface area contributed by atoms with Gasteiger partial charge in [-0.05, 0) is 74.6 Å². The number of anilines is 2. The Kier molecular flexibility index (Phi) is 8.92. The van der Waals surface area contributed by atoms with Crippen LogP contribution in [0.4, 0.5) is 16.0 Å². The highest BCUT2D eigenvalue weighted by molar-refractivity contribution is 5.69. The summed E-state index contributed by atoms with van der Waals surface area (Å²) >= 11 is 0. The zero-order valence-electron chi connectivity index (χ0n) is 21.3. The van der Waals surface area contributed by atoms with Gasteiger partial charge in [0.2, 0.25) is 0 Å². The van der Waals surface area contributed by atoms with Gasteiger partial charge in [-0.1, -0.05) is 6.92 Å². The van der Waals surface area contributed by atoms with Crippen molar-refractivity contribution in [3.63, 3.8) is 0 Å². The van der Waals surface area contributed by atoms with Crippen molar-refractivity contribution in [3.05, 3.63) is 36.4 Å². The normalized spacial score (nSPS) is 23.0. The highest BCUT2D eigenvalue weighted by Crippen LogP contribution is 2.31. The summed E-state index contributed by atoms with van der Waals surface area (Å²) in [6.45, 7) is 7.57. The van der Waals surface area contributed by atoms with Crippen molar-refractivity contribution in [2.75, 3.05) is 44.1 Å². The third kappa shape index (κ3) is 7.35. The lowest BCUT2D eigenvalue weighted by atomic mass is 9.82. The number of halogens is 1. The number of hydrogen-bond acceptors (Lipinski definition) is 7. The largest absolute Gasteiger partial charge is 0.383 e. The van der Waals surface area contributed by atoms with Crippen LogP contribution in [0.3, 0.4) is 0 Å². The Hall–Kier alpha value is -2.29. The maximum absolute atomic E-state index is 14.8. The number of hydrogen-bond donors (Lipinski definition) is 3. The van der Waals surface area contributed by atoms with E-state index in [1.807, 2.05) is 18.2 Å². The Morgan fingerprint density at radius 1 is 1.11 bits per heavy atom. The smallest absolute Gasteiger partial charge is 0.149 e. The minimum Gasteiger partial charge on any atom is -0.383 e. The molecule has 8 heteroatoms. The Bertz CT molecular complexity index is 945. The van der Waals surface area contributed by atoms with Gasteiger partial charge in [0.05, 0.1) is 12.8 Å². The summed E-state index contributed by atoms with van der Waals surface area (Å²) in [6, 6.07) is 6.80. The van der Waals surface area contributed by atoms with Gasteiger partial charge in [0, 0.05) is 56.8 Å². The van der Waals surface area contributed by atoms with Crippen LogP contribution in [0, 0.1) is 11.2 Å². The van der Waals surface area contributed by atoms with E-state index in [0.29, 0.717) is 29.5 Å². The van der Waals surface area contributed by atoms with Gasteiger partial charge < -0.3 is 25.4 Å². The van der Waals surface area contributed by atoms with Crippen LogP contribution in [-0.2, 0) is 9.47 Å². The number of rotatable bonds is 10. The molecule has 1 unspecified atom stereocenters. The topological polar surface area (TPSA) is 80.3 Å². The molecule has 0 spiro atoms. The van der Waals surface area contributed by atoms with Gasteiger partial charge in [-0.3, -0.25) is 0 Å². The first-order valence-electron chi connectivity index (χ1n) is 12.9. The summed E-state index contributed by atoms with van der Waals surface area (Å²) in [7, 11) is 1.74. The highest BCUT2D eigenvalue weighted by Gasteiger charge is 2.27. The molecule has 1 aliphatic carbocycles. The van der Waals surface area contributed by atoms with Crippen molar-refractivity contribution in [1.82, 2.24) is 15.3 Å². The SMILES string of the molecule is COCC(C)NC1CCC(Nc2cc(-c3ccnc(NCC4(C)CCOCC4)c3)c(F)cn2)CC1. The molecule has 0 bridgehead atoms. The molecule has 35 heavy (non-hydrogen) atoms. The molecular weight excluding hydrogens is 445 g/mol.